The number of hydrogen-bond donors (Lipinski definition) is 1. The van der Waals surface area contributed by atoms with Crippen LogP contribution in [0, 0.1) is 13.8 Å². The van der Waals surface area contributed by atoms with Gasteiger partial charge in [-0.15, -0.1) is 0 Å². The summed E-state index contributed by atoms with van der Waals surface area (Å²) >= 11 is 1.80. The molecular weight excluding hydrogens is 370 g/mol. The maximum atomic E-state index is 12.9. The minimum absolute atomic E-state index is 0.202. The molecule has 3 aliphatic rings. The number of aryl methyl sites for hydroxylation is 2. The number of aromatic nitrogens is 2. The first-order valence-corrected chi connectivity index (χ1v) is 11.1. The third kappa shape index (κ3) is 3.31. The average Bonchev–Trinajstić information content (AvgIpc) is 3.17. The lowest BCUT2D eigenvalue weighted by Crippen LogP contribution is -2.51. The van der Waals surface area contributed by atoms with E-state index >= 15 is 0 Å². The lowest BCUT2D eigenvalue weighted by molar-refractivity contribution is -0.131. The molecule has 2 saturated heterocycles. The molecule has 0 radical (unpaired) electrons. The number of amides is 1. The Morgan fingerprint density at radius 3 is 2.61 bits per heavy atom. The van der Waals surface area contributed by atoms with Gasteiger partial charge in [0.15, 0.2) is 5.13 Å². The molecule has 2 atom stereocenters. The largest absolute Gasteiger partial charge is 0.340 e. The zero-order chi connectivity index (χ0) is 19.3. The zero-order valence-corrected chi connectivity index (χ0v) is 17.4. The monoisotopic (exact) mass is 397 g/mol. The Morgan fingerprint density at radius 2 is 1.89 bits per heavy atom. The van der Waals surface area contributed by atoms with E-state index in [-0.39, 0.29) is 5.91 Å². The highest BCUT2D eigenvalue weighted by Gasteiger charge is 2.39. The summed E-state index contributed by atoms with van der Waals surface area (Å²) in [6, 6.07) is 5.21. The summed E-state index contributed by atoms with van der Waals surface area (Å²) in [7, 11) is 0. The molecule has 2 fully saturated rings. The highest BCUT2D eigenvalue weighted by molar-refractivity contribution is 7.15. The number of carbonyl (C=O) groups excluding carboxylic acids is 1. The van der Waals surface area contributed by atoms with Gasteiger partial charge in [0.05, 0.1) is 18.7 Å². The molecule has 0 aromatic carbocycles. The molecule has 0 saturated carbocycles. The first-order chi connectivity index (χ1) is 13.6. The predicted octanol–water partition coefficient (Wildman–Crippen LogP) is 2.22. The second-order valence-corrected chi connectivity index (χ2v) is 9.38. The van der Waals surface area contributed by atoms with Crippen molar-refractivity contribution in [3.8, 4) is 0 Å². The maximum absolute atomic E-state index is 12.9. The van der Waals surface area contributed by atoms with Crippen LogP contribution in [0.2, 0.25) is 0 Å². The number of fused-ring (bicyclic) bond motifs is 3. The van der Waals surface area contributed by atoms with Crippen molar-refractivity contribution in [1.29, 1.82) is 0 Å². The summed E-state index contributed by atoms with van der Waals surface area (Å²) in [4.78, 5) is 28.1. The van der Waals surface area contributed by atoms with Gasteiger partial charge in [0.25, 0.3) is 0 Å². The molecule has 148 valence electrons. The van der Waals surface area contributed by atoms with Crippen molar-refractivity contribution in [1.82, 2.24) is 20.2 Å². The molecular formula is C21H27N5OS. The minimum Gasteiger partial charge on any atom is -0.340 e. The van der Waals surface area contributed by atoms with E-state index in [1.54, 1.807) is 11.3 Å². The molecule has 2 aromatic heterocycles. The quantitative estimate of drug-likeness (QED) is 0.861. The molecule has 3 aliphatic heterocycles. The average molecular weight is 398 g/mol. The van der Waals surface area contributed by atoms with E-state index in [0.29, 0.717) is 25.0 Å². The summed E-state index contributed by atoms with van der Waals surface area (Å²) in [5.41, 5.74) is 4.21. The third-order valence-corrected chi connectivity index (χ3v) is 7.27. The van der Waals surface area contributed by atoms with E-state index in [1.807, 2.05) is 30.9 Å². The van der Waals surface area contributed by atoms with Gasteiger partial charge in [-0.05, 0) is 44.4 Å². The molecule has 2 bridgehead atoms. The van der Waals surface area contributed by atoms with Crippen molar-refractivity contribution < 1.29 is 4.79 Å². The number of nitrogens with one attached hydrogen (secondary N) is 1. The van der Waals surface area contributed by atoms with Crippen LogP contribution in [-0.4, -0.2) is 52.5 Å². The Hall–Kier alpha value is -1.99. The molecule has 0 aliphatic carbocycles. The molecule has 1 N–H and O–H groups in total. The number of pyridine rings is 1. The van der Waals surface area contributed by atoms with Crippen LogP contribution >= 0.6 is 11.3 Å². The summed E-state index contributed by atoms with van der Waals surface area (Å²) in [5, 5.41) is 4.71. The van der Waals surface area contributed by atoms with Gasteiger partial charge in [0, 0.05) is 54.4 Å². The fraction of sp³-hybridized carbons (Fsp3) is 0.571. The van der Waals surface area contributed by atoms with E-state index in [4.69, 9.17) is 4.98 Å². The van der Waals surface area contributed by atoms with Gasteiger partial charge in [-0.3, -0.25) is 9.78 Å². The van der Waals surface area contributed by atoms with Crippen molar-refractivity contribution in [2.45, 2.75) is 58.2 Å². The molecule has 2 aromatic rings. The number of rotatable bonds is 3. The maximum Gasteiger partial charge on any atom is 0.227 e. The van der Waals surface area contributed by atoms with Crippen LogP contribution in [0.4, 0.5) is 5.13 Å². The normalized spacial score (nSPS) is 23.8. The number of carbonyl (C=O) groups is 1. The topological polar surface area (TPSA) is 61.4 Å². The minimum atomic E-state index is 0.202. The molecule has 6 nitrogen and oxygen atoms in total. The van der Waals surface area contributed by atoms with Crippen molar-refractivity contribution in [2.24, 2.45) is 0 Å². The fourth-order valence-electron chi connectivity index (χ4n) is 4.91. The Kier molecular flexibility index (Phi) is 4.59. The lowest BCUT2D eigenvalue weighted by Gasteiger charge is -2.35. The molecule has 2 unspecified atom stereocenters. The fourth-order valence-corrected chi connectivity index (χ4v) is 6.17. The van der Waals surface area contributed by atoms with Gasteiger partial charge < -0.3 is 15.1 Å². The van der Waals surface area contributed by atoms with E-state index < -0.39 is 0 Å². The van der Waals surface area contributed by atoms with Crippen LogP contribution in [0.3, 0.4) is 0 Å². The molecule has 5 heterocycles. The van der Waals surface area contributed by atoms with Crippen LogP contribution in [0.5, 0.6) is 0 Å². The SMILES string of the molecule is Cc1cc(CC(=O)N2CCc3nc(N4C5CCC4CNC5)sc3C2)cc(C)n1. The van der Waals surface area contributed by atoms with E-state index in [2.05, 4.69) is 15.2 Å². The van der Waals surface area contributed by atoms with Gasteiger partial charge in [0.1, 0.15) is 0 Å². The van der Waals surface area contributed by atoms with Gasteiger partial charge in [-0.1, -0.05) is 11.3 Å². The van der Waals surface area contributed by atoms with Crippen molar-refractivity contribution >= 4 is 22.4 Å². The second kappa shape index (κ2) is 7.12. The number of hydrogen-bond acceptors (Lipinski definition) is 6. The summed E-state index contributed by atoms with van der Waals surface area (Å²) in [6.07, 6.45) is 3.84. The standard InChI is InChI=1S/C21H27N5OS/c1-13-7-15(8-14(2)23-13)9-20(27)25-6-5-18-19(12-25)28-21(24-18)26-16-3-4-17(26)11-22-10-16/h7-8,16-17,22H,3-6,9-12H2,1-2H3. The van der Waals surface area contributed by atoms with Gasteiger partial charge >= 0.3 is 0 Å². The van der Waals surface area contributed by atoms with Gasteiger partial charge in [-0.25, -0.2) is 4.98 Å². The van der Waals surface area contributed by atoms with Crippen molar-refractivity contribution in [3.63, 3.8) is 0 Å². The van der Waals surface area contributed by atoms with E-state index in [9.17, 15) is 4.79 Å². The Balaban J connectivity index is 1.30. The highest BCUT2D eigenvalue weighted by atomic mass is 32.1. The Labute approximate surface area is 170 Å². The summed E-state index contributed by atoms with van der Waals surface area (Å²) < 4.78 is 0. The van der Waals surface area contributed by atoms with Crippen molar-refractivity contribution in [2.75, 3.05) is 24.5 Å². The third-order valence-electron chi connectivity index (χ3n) is 6.17. The number of piperazine rings is 1. The molecule has 0 spiro atoms. The highest BCUT2D eigenvalue weighted by Crippen LogP contribution is 2.38. The molecule has 1 amide bonds. The number of thiazole rings is 1. The summed E-state index contributed by atoms with van der Waals surface area (Å²) in [5.74, 6) is 0.202. The van der Waals surface area contributed by atoms with Crippen LogP contribution in [0.15, 0.2) is 12.1 Å². The second-order valence-electron chi connectivity index (χ2n) is 8.32. The van der Waals surface area contributed by atoms with Gasteiger partial charge in [0.2, 0.25) is 5.91 Å². The van der Waals surface area contributed by atoms with Crippen LogP contribution in [0.1, 0.15) is 40.4 Å². The first-order valence-electron chi connectivity index (χ1n) is 10.3. The molecule has 7 heteroatoms. The van der Waals surface area contributed by atoms with Crippen molar-refractivity contribution in [3.05, 3.63) is 39.7 Å². The van der Waals surface area contributed by atoms with Crippen LogP contribution < -0.4 is 10.2 Å². The number of nitrogens with zero attached hydrogens (tertiary/aromatic N) is 4. The van der Waals surface area contributed by atoms with Crippen LogP contribution in [0.25, 0.3) is 0 Å². The first kappa shape index (κ1) is 18.1. The predicted molar refractivity (Wildman–Crippen MR) is 111 cm³/mol. The number of anilines is 1. The van der Waals surface area contributed by atoms with Gasteiger partial charge in [-0.2, -0.15) is 0 Å². The van der Waals surface area contributed by atoms with E-state index in [1.165, 1.54) is 28.5 Å². The lowest BCUT2D eigenvalue weighted by atomic mass is 10.1. The Morgan fingerprint density at radius 1 is 1.18 bits per heavy atom. The zero-order valence-electron chi connectivity index (χ0n) is 16.6. The Bertz CT molecular complexity index is 874. The summed E-state index contributed by atoms with van der Waals surface area (Å²) in [6.45, 7) is 7.57. The molecule has 28 heavy (non-hydrogen) atoms. The van der Waals surface area contributed by atoms with Crippen LogP contribution in [-0.2, 0) is 24.2 Å². The smallest absolute Gasteiger partial charge is 0.227 e. The molecule has 5 rings (SSSR count). The van der Waals surface area contributed by atoms with E-state index in [0.717, 1.165) is 43.0 Å².